The summed E-state index contributed by atoms with van der Waals surface area (Å²) < 4.78 is 0. The molecule has 1 aromatic carbocycles. The molecule has 0 amide bonds. The molecule has 2 heteroatoms. The molecule has 0 aromatic heterocycles. The molecule has 0 saturated carbocycles. The molecule has 0 spiro atoms. The first-order valence-corrected chi connectivity index (χ1v) is 6.08. The van der Waals surface area contributed by atoms with Gasteiger partial charge in [-0.2, -0.15) is 0 Å². The van der Waals surface area contributed by atoms with Gasteiger partial charge in [-0.15, -0.1) is 0 Å². The Morgan fingerprint density at radius 2 is 2.00 bits per heavy atom. The highest BCUT2D eigenvalue weighted by Crippen LogP contribution is 2.23. The van der Waals surface area contributed by atoms with Crippen molar-refractivity contribution in [2.45, 2.75) is 31.8 Å². The molecule has 0 bridgehead atoms. The molecular formula is C14H21NO. The fourth-order valence-corrected chi connectivity index (χ4v) is 2.51. The molecule has 0 heterocycles. The van der Waals surface area contributed by atoms with Crippen molar-refractivity contribution in [2.24, 2.45) is 0 Å². The Morgan fingerprint density at radius 1 is 1.25 bits per heavy atom. The van der Waals surface area contributed by atoms with E-state index in [-0.39, 0.29) is 6.10 Å². The summed E-state index contributed by atoms with van der Waals surface area (Å²) >= 11 is 0. The summed E-state index contributed by atoms with van der Waals surface area (Å²) in [4.78, 5) is 2.03. The molecule has 1 aliphatic rings. The maximum Gasteiger partial charge on any atom is 0.0707 e. The monoisotopic (exact) mass is 219 g/mol. The van der Waals surface area contributed by atoms with Crippen molar-refractivity contribution in [3.8, 4) is 0 Å². The van der Waals surface area contributed by atoms with Gasteiger partial charge in [-0.1, -0.05) is 18.2 Å². The Kier molecular flexibility index (Phi) is 3.62. The minimum atomic E-state index is -0.255. The molecule has 16 heavy (non-hydrogen) atoms. The minimum absolute atomic E-state index is 0.255. The quantitative estimate of drug-likeness (QED) is 0.832. The molecule has 0 fully saturated rings. The van der Waals surface area contributed by atoms with E-state index in [4.69, 9.17) is 0 Å². The summed E-state index contributed by atoms with van der Waals surface area (Å²) in [5.74, 6) is 0. The minimum Gasteiger partial charge on any atom is -0.391 e. The lowest BCUT2D eigenvalue weighted by atomic mass is 10.0. The van der Waals surface area contributed by atoms with Gasteiger partial charge in [0.2, 0.25) is 0 Å². The fraction of sp³-hybridized carbons (Fsp3) is 0.571. The molecule has 88 valence electrons. The summed E-state index contributed by atoms with van der Waals surface area (Å²) in [6.45, 7) is 0.733. The van der Waals surface area contributed by atoms with Gasteiger partial charge >= 0.3 is 0 Å². The van der Waals surface area contributed by atoms with Crippen LogP contribution in [-0.2, 0) is 19.3 Å². The van der Waals surface area contributed by atoms with Crippen LogP contribution < -0.4 is 0 Å². The van der Waals surface area contributed by atoms with E-state index in [1.807, 2.05) is 19.0 Å². The SMILES string of the molecule is CN(C)CC(O)Cc1ccc2c(c1)CCC2. The highest BCUT2D eigenvalue weighted by atomic mass is 16.3. The molecular weight excluding hydrogens is 198 g/mol. The molecule has 1 aromatic rings. The van der Waals surface area contributed by atoms with Gasteiger partial charge in [-0.3, -0.25) is 0 Å². The lowest BCUT2D eigenvalue weighted by Crippen LogP contribution is -2.27. The van der Waals surface area contributed by atoms with Crippen LogP contribution >= 0.6 is 0 Å². The number of hydrogen-bond donors (Lipinski definition) is 1. The van der Waals surface area contributed by atoms with Crippen LogP contribution in [0, 0.1) is 0 Å². The van der Waals surface area contributed by atoms with E-state index >= 15 is 0 Å². The number of benzene rings is 1. The molecule has 2 nitrogen and oxygen atoms in total. The predicted octanol–water partition coefficient (Wildman–Crippen LogP) is 1.64. The van der Waals surface area contributed by atoms with Crippen LogP contribution in [0.2, 0.25) is 0 Å². The van der Waals surface area contributed by atoms with Crippen molar-refractivity contribution >= 4 is 0 Å². The van der Waals surface area contributed by atoms with Gasteiger partial charge in [-0.25, -0.2) is 0 Å². The van der Waals surface area contributed by atoms with Gasteiger partial charge in [-0.05, 0) is 56.5 Å². The molecule has 1 atom stereocenters. The number of likely N-dealkylation sites (N-methyl/N-ethyl adjacent to an activating group) is 1. The molecule has 1 N–H and O–H groups in total. The van der Waals surface area contributed by atoms with Gasteiger partial charge in [0.1, 0.15) is 0 Å². The summed E-state index contributed by atoms with van der Waals surface area (Å²) in [7, 11) is 3.98. The van der Waals surface area contributed by atoms with Gasteiger partial charge in [0.15, 0.2) is 0 Å². The number of rotatable bonds is 4. The average Bonchev–Trinajstić information content (AvgIpc) is 2.63. The van der Waals surface area contributed by atoms with Gasteiger partial charge in [0.05, 0.1) is 6.10 Å². The van der Waals surface area contributed by atoms with Crippen LogP contribution in [0.15, 0.2) is 18.2 Å². The zero-order valence-electron chi connectivity index (χ0n) is 10.2. The van der Waals surface area contributed by atoms with Crippen molar-refractivity contribution in [1.82, 2.24) is 4.90 Å². The second-order valence-corrected chi connectivity index (χ2v) is 5.08. The maximum atomic E-state index is 9.88. The highest BCUT2D eigenvalue weighted by Gasteiger charge is 2.12. The van der Waals surface area contributed by atoms with E-state index in [1.54, 1.807) is 0 Å². The lowest BCUT2D eigenvalue weighted by molar-refractivity contribution is 0.137. The van der Waals surface area contributed by atoms with Crippen LogP contribution in [0.4, 0.5) is 0 Å². The van der Waals surface area contributed by atoms with E-state index in [1.165, 1.54) is 36.0 Å². The van der Waals surface area contributed by atoms with Gasteiger partial charge in [0, 0.05) is 6.54 Å². The first-order valence-electron chi connectivity index (χ1n) is 6.08. The molecule has 1 unspecified atom stereocenters. The number of aryl methyl sites for hydroxylation is 2. The normalized spacial score (nSPS) is 16.5. The van der Waals surface area contributed by atoms with Gasteiger partial charge in [0.25, 0.3) is 0 Å². The largest absolute Gasteiger partial charge is 0.391 e. The summed E-state index contributed by atoms with van der Waals surface area (Å²) in [6.07, 6.45) is 4.25. The zero-order chi connectivity index (χ0) is 11.5. The van der Waals surface area contributed by atoms with Crippen LogP contribution in [-0.4, -0.2) is 36.8 Å². The van der Waals surface area contributed by atoms with Crippen LogP contribution in [0.5, 0.6) is 0 Å². The Morgan fingerprint density at radius 3 is 2.75 bits per heavy atom. The van der Waals surface area contributed by atoms with Crippen LogP contribution in [0.3, 0.4) is 0 Å². The van der Waals surface area contributed by atoms with Crippen molar-refractivity contribution in [3.63, 3.8) is 0 Å². The summed E-state index contributed by atoms with van der Waals surface area (Å²) in [6, 6.07) is 6.68. The lowest BCUT2D eigenvalue weighted by Gasteiger charge is -2.16. The topological polar surface area (TPSA) is 23.5 Å². The van der Waals surface area contributed by atoms with Crippen molar-refractivity contribution in [3.05, 3.63) is 34.9 Å². The van der Waals surface area contributed by atoms with E-state index in [0.29, 0.717) is 0 Å². The second kappa shape index (κ2) is 4.98. The summed E-state index contributed by atoms with van der Waals surface area (Å²) in [5, 5.41) is 9.88. The van der Waals surface area contributed by atoms with Crippen molar-refractivity contribution in [1.29, 1.82) is 0 Å². The smallest absolute Gasteiger partial charge is 0.0707 e. The second-order valence-electron chi connectivity index (χ2n) is 5.08. The Bertz CT molecular complexity index is 360. The Labute approximate surface area is 97.9 Å². The first kappa shape index (κ1) is 11.6. The number of nitrogens with zero attached hydrogens (tertiary/aromatic N) is 1. The first-order chi connectivity index (χ1) is 7.65. The fourth-order valence-electron chi connectivity index (χ4n) is 2.51. The summed E-state index contributed by atoms with van der Waals surface area (Å²) in [5.41, 5.74) is 4.27. The average molecular weight is 219 g/mol. The predicted molar refractivity (Wildman–Crippen MR) is 66.7 cm³/mol. The molecule has 2 rings (SSSR count). The van der Waals surface area contributed by atoms with E-state index in [2.05, 4.69) is 18.2 Å². The third-order valence-corrected chi connectivity index (χ3v) is 3.21. The molecule has 1 aliphatic carbocycles. The standard InChI is InChI=1S/C14H21NO/c1-15(2)10-14(16)9-11-6-7-12-4-3-5-13(12)8-11/h6-8,14,16H,3-5,9-10H2,1-2H3. The highest BCUT2D eigenvalue weighted by molar-refractivity contribution is 5.35. The molecule has 0 radical (unpaired) electrons. The van der Waals surface area contributed by atoms with Gasteiger partial charge < -0.3 is 10.0 Å². The van der Waals surface area contributed by atoms with Crippen LogP contribution in [0.25, 0.3) is 0 Å². The third-order valence-electron chi connectivity index (χ3n) is 3.21. The maximum absolute atomic E-state index is 9.88. The number of aliphatic hydroxyl groups excluding tert-OH is 1. The van der Waals surface area contributed by atoms with Crippen molar-refractivity contribution < 1.29 is 5.11 Å². The number of fused-ring (bicyclic) bond motifs is 1. The number of aliphatic hydroxyl groups is 1. The third kappa shape index (κ3) is 2.83. The number of hydrogen-bond acceptors (Lipinski definition) is 2. The molecule has 0 aliphatic heterocycles. The Balaban J connectivity index is 1.99. The van der Waals surface area contributed by atoms with Crippen molar-refractivity contribution in [2.75, 3.05) is 20.6 Å². The zero-order valence-corrected chi connectivity index (χ0v) is 10.2. The molecule has 0 saturated heterocycles. The van der Waals surface area contributed by atoms with Crippen LogP contribution in [0.1, 0.15) is 23.1 Å². The van der Waals surface area contributed by atoms with E-state index in [0.717, 1.165) is 13.0 Å². The Hall–Kier alpha value is -0.860. The van der Waals surface area contributed by atoms with E-state index in [9.17, 15) is 5.11 Å². The van der Waals surface area contributed by atoms with E-state index < -0.39 is 0 Å².